The monoisotopic (exact) mass is 208 g/mol. The highest BCUT2D eigenvalue weighted by Crippen LogP contribution is 2.01. The van der Waals surface area contributed by atoms with Crippen LogP contribution in [0.15, 0.2) is 23.1 Å². The van der Waals surface area contributed by atoms with Gasteiger partial charge in [-0.15, -0.1) is 11.6 Å². The molecule has 1 rings (SSSR count). The molecule has 0 aliphatic carbocycles. The summed E-state index contributed by atoms with van der Waals surface area (Å²) in [6.07, 6.45) is 6.04. The van der Waals surface area contributed by atoms with Crippen LogP contribution in [0.2, 0.25) is 0 Å². The van der Waals surface area contributed by atoms with Gasteiger partial charge >= 0.3 is 0 Å². The Balaban J connectivity index is 2.91. The first-order valence-corrected chi connectivity index (χ1v) is 4.66. The molecule has 0 aliphatic heterocycles. The van der Waals surface area contributed by atoms with Gasteiger partial charge in [-0.3, -0.25) is 4.79 Å². The van der Waals surface area contributed by atoms with E-state index >= 15 is 0 Å². The molecule has 1 heterocycles. The fourth-order valence-corrected chi connectivity index (χ4v) is 1.09. The van der Waals surface area contributed by atoms with Crippen molar-refractivity contribution in [3.05, 3.63) is 39.8 Å². The third-order valence-corrected chi connectivity index (χ3v) is 1.85. The van der Waals surface area contributed by atoms with Crippen molar-refractivity contribution in [1.29, 1.82) is 5.26 Å². The van der Waals surface area contributed by atoms with E-state index in [9.17, 15) is 4.79 Å². The molecule has 0 spiro atoms. The number of nitrogens with zero attached hydrogens (tertiary/aromatic N) is 1. The van der Waals surface area contributed by atoms with Crippen molar-refractivity contribution < 1.29 is 0 Å². The number of nitrogens with one attached hydrogen (secondary N) is 1. The normalized spacial score (nSPS) is 10.3. The molecule has 0 aromatic carbocycles. The number of allylic oxidation sites excluding steroid dienone is 1. The molecule has 1 N–H and O–H groups in total. The van der Waals surface area contributed by atoms with Gasteiger partial charge in [0.25, 0.3) is 5.56 Å². The van der Waals surface area contributed by atoms with Crippen molar-refractivity contribution in [1.82, 2.24) is 4.98 Å². The number of pyridine rings is 1. The first-order chi connectivity index (χ1) is 6.77. The van der Waals surface area contributed by atoms with Gasteiger partial charge in [0.15, 0.2) is 0 Å². The molecular formula is C10H9ClN2O. The summed E-state index contributed by atoms with van der Waals surface area (Å²) in [7, 11) is 0. The molecule has 3 nitrogen and oxygen atoms in total. The lowest BCUT2D eigenvalue weighted by Crippen LogP contribution is -2.08. The van der Waals surface area contributed by atoms with E-state index in [0.717, 1.165) is 12.0 Å². The third kappa shape index (κ3) is 2.75. The van der Waals surface area contributed by atoms with Crippen LogP contribution in [0.4, 0.5) is 0 Å². The summed E-state index contributed by atoms with van der Waals surface area (Å²) in [4.78, 5) is 13.5. The molecular weight excluding hydrogens is 200 g/mol. The minimum atomic E-state index is -0.359. The van der Waals surface area contributed by atoms with Gasteiger partial charge in [-0.2, -0.15) is 5.26 Å². The Morgan fingerprint density at radius 2 is 2.43 bits per heavy atom. The minimum Gasteiger partial charge on any atom is -0.327 e. The summed E-state index contributed by atoms with van der Waals surface area (Å²) in [6.45, 7) is 0. The largest absolute Gasteiger partial charge is 0.327 e. The fourth-order valence-electron chi connectivity index (χ4n) is 0.962. The molecule has 0 bridgehead atoms. The number of alkyl halides is 1. The number of H-pyrrole nitrogens is 1. The summed E-state index contributed by atoms with van der Waals surface area (Å²) in [5, 5.41) is 8.60. The van der Waals surface area contributed by atoms with Crippen LogP contribution >= 0.6 is 11.6 Å². The van der Waals surface area contributed by atoms with Crippen molar-refractivity contribution >= 4 is 17.7 Å². The van der Waals surface area contributed by atoms with Crippen molar-refractivity contribution in [2.75, 3.05) is 5.88 Å². The van der Waals surface area contributed by atoms with Gasteiger partial charge in [-0.05, 0) is 18.1 Å². The maximum Gasteiger partial charge on any atom is 0.265 e. The van der Waals surface area contributed by atoms with Gasteiger partial charge in [0.1, 0.15) is 11.6 Å². The van der Waals surface area contributed by atoms with Gasteiger partial charge in [-0.1, -0.05) is 12.2 Å². The van der Waals surface area contributed by atoms with Crippen LogP contribution in [0.25, 0.3) is 6.08 Å². The quantitative estimate of drug-likeness (QED) is 0.772. The van der Waals surface area contributed by atoms with E-state index in [4.69, 9.17) is 16.9 Å². The average molecular weight is 209 g/mol. The Hall–Kier alpha value is -1.53. The molecule has 0 fully saturated rings. The molecule has 4 heteroatoms. The van der Waals surface area contributed by atoms with Crippen LogP contribution in [0, 0.1) is 11.3 Å². The second kappa shape index (κ2) is 5.25. The van der Waals surface area contributed by atoms with Crippen LogP contribution < -0.4 is 5.56 Å². The van der Waals surface area contributed by atoms with Crippen LogP contribution in [-0.2, 0) is 0 Å². The molecule has 72 valence electrons. The van der Waals surface area contributed by atoms with E-state index < -0.39 is 0 Å². The summed E-state index contributed by atoms with van der Waals surface area (Å²) in [5.74, 6) is 0.560. The predicted molar refractivity (Wildman–Crippen MR) is 56.1 cm³/mol. The predicted octanol–water partition coefficient (Wildman–Crippen LogP) is 1.89. The lowest BCUT2D eigenvalue weighted by molar-refractivity contribution is 1.20. The van der Waals surface area contributed by atoms with E-state index in [-0.39, 0.29) is 11.1 Å². The fraction of sp³-hybridized carbons (Fsp3) is 0.200. The van der Waals surface area contributed by atoms with E-state index in [1.54, 1.807) is 12.3 Å². The van der Waals surface area contributed by atoms with Crippen LogP contribution in [0.3, 0.4) is 0 Å². The number of halogens is 1. The number of rotatable bonds is 3. The van der Waals surface area contributed by atoms with Gasteiger partial charge in [-0.25, -0.2) is 0 Å². The van der Waals surface area contributed by atoms with Crippen molar-refractivity contribution in [2.24, 2.45) is 0 Å². The number of aromatic amines is 1. The molecule has 0 atom stereocenters. The van der Waals surface area contributed by atoms with E-state index in [1.165, 1.54) is 0 Å². The van der Waals surface area contributed by atoms with Gasteiger partial charge < -0.3 is 4.98 Å². The Labute approximate surface area is 86.6 Å². The third-order valence-electron chi connectivity index (χ3n) is 1.63. The number of aromatic nitrogens is 1. The Morgan fingerprint density at radius 3 is 3.07 bits per heavy atom. The second-order valence-electron chi connectivity index (χ2n) is 2.67. The topological polar surface area (TPSA) is 56.6 Å². The lowest BCUT2D eigenvalue weighted by atomic mass is 10.2. The maximum atomic E-state index is 11.0. The first-order valence-electron chi connectivity index (χ1n) is 4.13. The van der Waals surface area contributed by atoms with Crippen molar-refractivity contribution in [2.45, 2.75) is 6.42 Å². The Bertz CT molecular complexity index is 428. The summed E-state index contributed by atoms with van der Waals surface area (Å²) < 4.78 is 0. The maximum absolute atomic E-state index is 11.0. The number of hydrogen-bond donors (Lipinski definition) is 1. The molecule has 0 radical (unpaired) electrons. The smallest absolute Gasteiger partial charge is 0.265 e. The molecule has 0 saturated carbocycles. The first kappa shape index (κ1) is 10.6. The zero-order valence-electron chi connectivity index (χ0n) is 7.46. The SMILES string of the molecule is N#Cc1cc(C=CCCCl)c[nH]c1=O. The molecule has 14 heavy (non-hydrogen) atoms. The molecule has 0 unspecified atom stereocenters. The highest BCUT2D eigenvalue weighted by atomic mass is 35.5. The standard InChI is InChI=1S/C10H9ClN2O/c11-4-2-1-3-8-5-9(6-12)10(14)13-7-8/h1,3,5,7H,2,4H2,(H,13,14). The van der Waals surface area contributed by atoms with Crippen molar-refractivity contribution in [3.8, 4) is 6.07 Å². The van der Waals surface area contributed by atoms with Crippen LogP contribution in [0.5, 0.6) is 0 Å². The minimum absolute atomic E-state index is 0.123. The second-order valence-corrected chi connectivity index (χ2v) is 3.05. The molecule has 0 amide bonds. The van der Waals surface area contributed by atoms with Gasteiger partial charge in [0, 0.05) is 12.1 Å². The zero-order chi connectivity index (χ0) is 10.4. The number of nitriles is 1. The van der Waals surface area contributed by atoms with E-state index in [2.05, 4.69) is 4.98 Å². The highest BCUT2D eigenvalue weighted by Gasteiger charge is 1.97. The Kier molecular flexibility index (Phi) is 3.96. The molecule has 1 aromatic heterocycles. The summed E-state index contributed by atoms with van der Waals surface area (Å²) in [5.41, 5.74) is 0.561. The highest BCUT2D eigenvalue weighted by molar-refractivity contribution is 6.17. The summed E-state index contributed by atoms with van der Waals surface area (Å²) >= 11 is 5.49. The van der Waals surface area contributed by atoms with E-state index in [0.29, 0.717) is 5.88 Å². The van der Waals surface area contributed by atoms with Crippen LogP contribution in [0.1, 0.15) is 17.5 Å². The van der Waals surface area contributed by atoms with Gasteiger partial charge in [0.05, 0.1) is 0 Å². The molecule has 1 aromatic rings. The summed E-state index contributed by atoms with van der Waals surface area (Å²) in [6, 6.07) is 3.37. The molecule has 0 saturated heterocycles. The van der Waals surface area contributed by atoms with Gasteiger partial charge in [0.2, 0.25) is 0 Å². The van der Waals surface area contributed by atoms with Crippen molar-refractivity contribution in [3.63, 3.8) is 0 Å². The Morgan fingerprint density at radius 1 is 1.64 bits per heavy atom. The van der Waals surface area contributed by atoms with E-state index in [1.807, 2.05) is 18.2 Å². The average Bonchev–Trinajstić information content (AvgIpc) is 2.21. The zero-order valence-corrected chi connectivity index (χ0v) is 8.21. The lowest BCUT2D eigenvalue weighted by Gasteiger charge is -1.92. The number of hydrogen-bond acceptors (Lipinski definition) is 2. The van der Waals surface area contributed by atoms with Crippen LogP contribution in [-0.4, -0.2) is 10.9 Å². The molecule has 0 aliphatic rings.